The third kappa shape index (κ3) is 2.68. The Kier molecular flexibility index (Phi) is 3.19. The molecule has 0 radical (unpaired) electrons. The number of carboxylic acids is 1. The van der Waals surface area contributed by atoms with Crippen molar-refractivity contribution in [2.45, 2.75) is 18.5 Å². The number of hydrogen-bond acceptors (Lipinski definition) is 3. The summed E-state index contributed by atoms with van der Waals surface area (Å²) >= 11 is 5.74. The molecule has 2 atom stereocenters. The summed E-state index contributed by atoms with van der Waals surface area (Å²) in [7, 11) is 0. The summed E-state index contributed by atoms with van der Waals surface area (Å²) in [4.78, 5) is 22.2. The zero-order chi connectivity index (χ0) is 12.4. The van der Waals surface area contributed by atoms with Gasteiger partial charge in [-0.15, -0.1) is 0 Å². The number of amides is 1. The molecule has 1 heterocycles. The van der Waals surface area contributed by atoms with Crippen LogP contribution in [0.25, 0.3) is 0 Å². The second kappa shape index (κ2) is 4.63. The zero-order valence-electron chi connectivity index (χ0n) is 8.81. The Bertz CT molecular complexity index is 447. The van der Waals surface area contributed by atoms with Crippen molar-refractivity contribution in [3.05, 3.63) is 29.3 Å². The molecular weight excluding hydrogens is 244 g/mol. The van der Waals surface area contributed by atoms with E-state index in [0.717, 1.165) is 5.69 Å². The maximum absolute atomic E-state index is 11.5. The van der Waals surface area contributed by atoms with Crippen molar-refractivity contribution in [2.24, 2.45) is 0 Å². The van der Waals surface area contributed by atoms with E-state index < -0.39 is 18.1 Å². The molecule has 1 saturated heterocycles. The van der Waals surface area contributed by atoms with E-state index in [1.165, 1.54) is 0 Å². The van der Waals surface area contributed by atoms with Gasteiger partial charge < -0.3 is 15.7 Å². The Balaban J connectivity index is 2.02. The summed E-state index contributed by atoms with van der Waals surface area (Å²) in [6.45, 7) is 0. The van der Waals surface area contributed by atoms with Gasteiger partial charge in [0, 0.05) is 17.1 Å². The van der Waals surface area contributed by atoms with Crippen LogP contribution in [0.2, 0.25) is 5.02 Å². The number of carbonyl (C=O) groups excluding carboxylic acids is 1. The molecule has 0 aromatic heterocycles. The minimum absolute atomic E-state index is 0.233. The van der Waals surface area contributed by atoms with Crippen LogP contribution in [-0.2, 0) is 9.59 Å². The number of anilines is 1. The first kappa shape index (κ1) is 11.7. The lowest BCUT2D eigenvalue weighted by molar-refractivity contribution is -0.140. The predicted octanol–water partition coefficient (Wildman–Crippen LogP) is 1.09. The molecule has 1 amide bonds. The maximum Gasteiger partial charge on any atom is 0.326 e. The highest BCUT2D eigenvalue weighted by Gasteiger charge is 2.35. The quantitative estimate of drug-likeness (QED) is 0.755. The number of hydrogen-bond donors (Lipinski definition) is 3. The van der Waals surface area contributed by atoms with E-state index in [1.54, 1.807) is 24.3 Å². The van der Waals surface area contributed by atoms with Crippen LogP contribution in [0.5, 0.6) is 0 Å². The lowest BCUT2D eigenvalue weighted by Gasteiger charge is -2.11. The second-order valence-corrected chi connectivity index (χ2v) is 4.28. The van der Waals surface area contributed by atoms with Crippen molar-refractivity contribution in [2.75, 3.05) is 5.32 Å². The van der Waals surface area contributed by atoms with Crippen LogP contribution < -0.4 is 10.6 Å². The van der Waals surface area contributed by atoms with E-state index in [1.807, 2.05) is 0 Å². The van der Waals surface area contributed by atoms with Gasteiger partial charge in [0.2, 0.25) is 5.91 Å². The van der Waals surface area contributed by atoms with Gasteiger partial charge in [-0.3, -0.25) is 4.79 Å². The summed E-state index contributed by atoms with van der Waals surface area (Å²) in [5, 5.41) is 14.8. The van der Waals surface area contributed by atoms with Gasteiger partial charge in [-0.25, -0.2) is 4.79 Å². The number of nitrogens with one attached hydrogen (secondary N) is 2. The topological polar surface area (TPSA) is 78.4 Å². The van der Waals surface area contributed by atoms with Crippen molar-refractivity contribution < 1.29 is 14.7 Å². The summed E-state index contributed by atoms with van der Waals surface area (Å²) in [6.07, 6.45) is 0.233. The number of halogens is 1. The second-order valence-electron chi connectivity index (χ2n) is 3.84. The molecule has 1 aromatic rings. The molecule has 6 heteroatoms. The van der Waals surface area contributed by atoms with Crippen LogP contribution in [0, 0.1) is 0 Å². The Hall–Kier alpha value is -1.75. The lowest BCUT2D eigenvalue weighted by Crippen LogP contribution is -2.34. The molecule has 0 bridgehead atoms. The largest absolute Gasteiger partial charge is 0.480 e. The van der Waals surface area contributed by atoms with Crippen molar-refractivity contribution in [3.8, 4) is 0 Å². The summed E-state index contributed by atoms with van der Waals surface area (Å²) in [5.74, 6) is -1.31. The fourth-order valence-corrected chi connectivity index (χ4v) is 1.83. The average Bonchev–Trinajstić information content (AvgIpc) is 2.64. The van der Waals surface area contributed by atoms with E-state index in [4.69, 9.17) is 16.7 Å². The molecular formula is C11H11ClN2O3. The smallest absolute Gasteiger partial charge is 0.326 e. The molecule has 5 nitrogen and oxygen atoms in total. The van der Waals surface area contributed by atoms with Crippen molar-refractivity contribution >= 4 is 29.2 Å². The summed E-state index contributed by atoms with van der Waals surface area (Å²) in [6, 6.07) is 5.55. The minimum Gasteiger partial charge on any atom is -0.480 e. The van der Waals surface area contributed by atoms with Crippen LogP contribution in [0.15, 0.2) is 24.3 Å². The van der Waals surface area contributed by atoms with Crippen molar-refractivity contribution in [1.82, 2.24) is 5.32 Å². The first-order valence-corrected chi connectivity index (χ1v) is 5.49. The third-order valence-electron chi connectivity index (χ3n) is 2.59. The number of benzene rings is 1. The molecule has 0 saturated carbocycles. The van der Waals surface area contributed by atoms with Gasteiger partial charge >= 0.3 is 5.97 Å². The van der Waals surface area contributed by atoms with E-state index in [2.05, 4.69) is 10.6 Å². The maximum atomic E-state index is 11.5. The van der Waals surface area contributed by atoms with Crippen LogP contribution in [0.3, 0.4) is 0 Å². The molecule has 3 N–H and O–H groups in total. The van der Waals surface area contributed by atoms with Gasteiger partial charge in [-0.05, 0) is 24.3 Å². The number of carbonyl (C=O) groups is 2. The Labute approximate surface area is 103 Å². The first-order chi connectivity index (χ1) is 8.06. The van der Waals surface area contributed by atoms with E-state index in [9.17, 15) is 9.59 Å². The van der Waals surface area contributed by atoms with Gasteiger partial charge in [0.15, 0.2) is 0 Å². The highest BCUT2D eigenvalue weighted by molar-refractivity contribution is 6.30. The molecule has 90 valence electrons. The van der Waals surface area contributed by atoms with Gasteiger partial charge in [0.25, 0.3) is 0 Å². The number of rotatable bonds is 3. The van der Waals surface area contributed by atoms with E-state index >= 15 is 0 Å². The molecule has 17 heavy (non-hydrogen) atoms. The monoisotopic (exact) mass is 254 g/mol. The summed E-state index contributed by atoms with van der Waals surface area (Å²) < 4.78 is 0. The van der Waals surface area contributed by atoms with Gasteiger partial charge in [-0.2, -0.15) is 0 Å². The third-order valence-corrected chi connectivity index (χ3v) is 2.84. The van der Waals surface area contributed by atoms with Gasteiger partial charge in [0.05, 0.1) is 0 Å². The van der Waals surface area contributed by atoms with Crippen molar-refractivity contribution in [1.29, 1.82) is 0 Å². The molecule has 0 spiro atoms. The predicted molar refractivity (Wildman–Crippen MR) is 63.0 cm³/mol. The standard InChI is InChI=1S/C11H11ClN2O3/c12-6-1-3-7(4-2-6)13-8-5-9(11(16)17)14-10(8)15/h1-4,8-9,13H,5H2,(H,14,15)(H,16,17)/t8-,9+/m1/s1. The van der Waals surface area contributed by atoms with Gasteiger partial charge in [-0.1, -0.05) is 11.6 Å². The average molecular weight is 255 g/mol. The Morgan fingerprint density at radius 2 is 2.06 bits per heavy atom. The molecule has 0 aliphatic carbocycles. The molecule has 1 aromatic carbocycles. The van der Waals surface area contributed by atoms with Crippen LogP contribution >= 0.6 is 11.6 Å². The molecule has 1 fully saturated rings. The minimum atomic E-state index is -1.02. The fourth-order valence-electron chi connectivity index (χ4n) is 1.71. The first-order valence-electron chi connectivity index (χ1n) is 5.11. The summed E-state index contributed by atoms with van der Waals surface area (Å²) in [5.41, 5.74) is 0.737. The fraction of sp³-hybridized carbons (Fsp3) is 0.273. The van der Waals surface area contributed by atoms with Crippen LogP contribution in [0.1, 0.15) is 6.42 Å². The van der Waals surface area contributed by atoms with Crippen molar-refractivity contribution in [3.63, 3.8) is 0 Å². The number of aliphatic carboxylic acids is 1. The normalized spacial score (nSPS) is 23.2. The molecule has 1 aliphatic rings. The van der Waals surface area contributed by atoms with Crippen LogP contribution in [-0.4, -0.2) is 29.1 Å². The molecule has 1 aliphatic heterocycles. The van der Waals surface area contributed by atoms with E-state index in [0.29, 0.717) is 5.02 Å². The van der Waals surface area contributed by atoms with Crippen LogP contribution in [0.4, 0.5) is 5.69 Å². The van der Waals surface area contributed by atoms with E-state index in [-0.39, 0.29) is 12.3 Å². The SMILES string of the molecule is O=C(O)[C@@H]1C[C@@H](Nc2ccc(Cl)cc2)C(=O)N1. The zero-order valence-corrected chi connectivity index (χ0v) is 9.57. The molecule has 2 rings (SSSR count). The molecule has 0 unspecified atom stereocenters. The highest BCUT2D eigenvalue weighted by atomic mass is 35.5. The Morgan fingerprint density at radius 1 is 1.41 bits per heavy atom. The number of carboxylic acid groups (broad SMARTS) is 1. The highest BCUT2D eigenvalue weighted by Crippen LogP contribution is 2.18. The lowest BCUT2D eigenvalue weighted by atomic mass is 10.1. The van der Waals surface area contributed by atoms with Gasteiger partial charge in [0.1, 0.15) is 12.1 Å². The Morgan fingerprint density at radius 3 is 2.59 bits per heavy atom.